The lowest BCUT2D eigenvalue weighted by Crippen LogP contribution is -2.56. The first-order chi connectivity index (χ1) is 14.5. The van der Waals surface area contributed by atoms with E-state index in [0.29, 0.717) is 13.0 Å². The molecule has 0 saturated carbocycles. The molecule has 1 fully saturated rings. The maximum Gasteiger partial charge on any atom is 0.326 e. The van der Waals surface area contributed by atoms with E-state index in [4.69, 9.17) is 10.8 Å². The Morgan fingerprint density at radius 2 is 1.58 bits per heavy atom. The van der Waals surface area contributed by atoms with Crippen molar-refractivity contribution in [1.82, 2.24) is 21.3 Å². The highest BCUT2D eigenvalue weighted by Gasteiger charge is 2.30. The maximum absolute atomic E-state index is 12.5. The molecule has 1 rings (SSSR count). The number of carboxylic acids is 2. The highest BCUT2D eigenvalue weighted by Crippen LogP contribution is 2.06. The van der Waals surface area contributed by atoms with E-state index in [1.165, 1.54) is 6.92 Å². The number of amides is 4. The third-order valence-corrected chi connectivity index (χ3v) is 4.70. The maximum atomic E-state index is 12.5. The van der Waals surface area contributed by atoms with Crippen LogP contribution in [0, 0.1) is 0 Å². The van der Waals surface area contributed by atoms with Gasteiger partial charge in [0.1, 0.15) is 18.1 Å². The molecule has 0 aromatic rings. The minimum absolute atomic E-state index is 0.205. The average molecular weight is 443 g/mol. The first-order valence-corrected chi connectivity index (χ1v) is 9.88. The van der Waals surface area contributed by atoms with Crippen molar-refractivity contribution in [2.75, 3.05) is 6.54 Å². The van der Waals surface area contributed by atoms with Gasteiger partial charge in [0.2, 0.25) is 23.6 Å². The molecular weight excluding hydrogens is 414 g/mol. The van der Waals surface area contributed by atoms with Gasteiger partial charge in [-0.15, -0.1) is 0 Å². The van der Waals surface area contributed by atoms with Crippen LogP contribution >= 0.6 is 0 Å². The molecule has 0 aromatic carbocycles. The second-order valence-corrected chi connectivity index (χ2v) is 7.28. The molecule has 1 heterocycles. The number of rotatable bonds is 13. The zero-order valence-electron chi connectivity index (χ0n) is 17.2. The van der Waals surface area contributed by atoms with E-state index in [9.17, 15) is 33.9 Å². The summed E-state index contributed by atoms with van der Waals surface area (Å²) in [6, 6.07) is -4.21. The summed E-state index contributed by atoms with van der Waals surface area (Å²) in [5.74, 6) is -5.41. The summed E-state index contributed by atoms with van der Waals surface area (Å²) in [6.45, 7) is 2.11. The van der Waals surface area contributed by atoms with E-state index in [2.05, 4.69) is 21.3 Å². The van der Waals surface area contributed by atoms with Crippen LogP contribution in [0.1, 0.15) is 45.4 Å². The van der Waals surface area contributed by atoms with Crippen molar-refractivity contribution in [3.63, 3.8) is 0 Å². The van der Waals surface area contributed by atoms with Crippen molar-refractivity contribution in [3.8, 4) is 0 Å². The fraction of sp³-hybridized carbons (Fsp3) is 0.667. The largest absolute Gasteiger partial charge is 0.481 e. The zero-order valence-corrected chi connectivity index (χ0v) is 17.2. The van der Waals surface area contributed by atoms with Crippen molar-refractivity contribution >= 4 is 35.6 Å². The van der Waals surface area contributed by atoms with Gasteiger partial charge in [-0.1, -0.05) is 0 Å². The standard InChI is InChI=1S/C18H29N5O8/c1-9(21-16(28)10-3-2-8-20-10)15(27)22-11(4-6-13(19)24)17(29)23-12(18(30)31)5-7-14(25)26/h9-12,20H,2-8H2,1H3,(H2,19,24)(H,21,28)(H,22,27)(H,23,29)(H,25,26)(H,30,31). The van der Waals surface area contributed by atoms with Gasteiger partial charge >= 0.3 is 11.9 Å². The van der Waals surface area contributed by atoms with Crippen molar-refractivity contribution in [2.24, 2.45) is 5.73 Å². The minimum Gasteiger partial charge on any atom is -0.481 e. The second kappa shape index (κ2) is 12.5. The van der Waals surface area contributed by atoms with E-state index in [1.807, 2.05) is 0 Å². The van der Waals surface area contributed by atoms with Gasteiger partial charge in [-0.05, 0) is 39.2 Å². The number of carboxylic acid groups (broad SMARTS) is 2. The van der Waals surface area contributed by atoms with Crippen LogP contribution in [0.3, 0.4) is 0 Å². The fourth-order valence-electron chi connectivity index (χ4n) is 2.94. The van der Waals surface area contributed by atoms with Crippen LogP contribution in [0.5, 0.6) is 0 Å². The van der Waals surface area contributed by atoms with Gasteiger partial charge in [-0.2, -0.15) is 0 Å². The predicted octanol–water partition coefficient (Wildman–Crippen LogP) is -2.57. The number of hydrogen-bond donors (Lipinski definition) is 7. The molecular formula is C18H29N5O8. The summed E-state index contributed by atoms with van der Waals surface area (Å²) in [5, 5.41) is 27.9. The normalized spacial score (nSPS) is 18.3. The molecule has 1 aliphatic rings. The molecule has 0 radical (unpaired) electrons. The molecule has 8 N–H and O–H groups in total. The Bertz CT molecular complexity index is 707. The summed E-state index contributed by atoms with van der Waals surface area (Å²) >= 11 is 0. The van der Waals surface area contributed by atoms with E-state index in [0.717, 1.165) is 6.42 Å². The molecule has 0 spiro atoms. The zero-order chi connectivity index (χ0) is 23.6. The number of aliphatic carboxylic acids is 2. The molecule has 4 amide bonds. The lowest BCUT2D eigenvalue weighted by atomic mass is 10.1. The number of carbonyl (C=O) groups excluding carboxylic acids is 4. The predicted molar refractivity (Wildman–Crippen MR) is 105 cm³/mol. The molecule has 0 aliphatic carbocycles. The molecule has 4 atom stereocenters. The summed E-state index contributed by atoms with van der Waals surface area (Å²) < 4.78 is 0. The topological polar surface area (TPSA) is 217 Å². The number of hydrogen-bond acceptors (Lipinski definition) is 7. The van der Waals surface area contributed by atoms with Gasteiger partial charge in [-0.25, -0.2) is 4.79 Å². The molecule has 31 heavy (non-hydrogen) atoms. The third-order valence-electron chi connectivity index (χ3n) is 4.70. The van der Waals surface area contributed by atoms with Crippen LogP contribution in [-0.4, -0.2) is 76.5 Å². The molecule has 0 bridgehead atoms. The number of nitrogens with one attached hydrogen (secondary N) is 4. The molecule has 174 valence electrons. The van der Waals surface area contributed by atoms with Crippen LogP contribution in [-0.2, 0) is 28.8 Å². The molecule has 0 aromatic heterocycles. The first-order valence-electron chi connectivity index (χ1n) is 9.88. The van der Waals surface area contributed by atoms with E-state index in [1.54, 1.807) is 0 Å². The molecule has 1 saturated heterocycles. The Hall–Kier alpha value is -3.22. The number of carbonyl (C=O) groups is 6. The lowest BCUT2D eigenvalue weighted by molar-refractivity contribution is -0.143. The van der Waals surface area contributed by atoms with E-state index in [-0.39, 0.29) is 25.2 Å². The summed E-state index contributed by atoms with van der Waals surface area (Å²) in [4.78, 5) is 70.2. The van der Waals surface area contributed by atoms with Crippen molar-refractivity contribution in [1.29, 1.82) is 0 Å². The number of nitrogens with two attached hydrogens (primary N) is 1. The Kier molecular flexibility index (Phi) is 10.4. The Balaban J connectivity index is 2.76. The van der Waals surface area contributed by atoms with E-state index < -0.39 is 60.2 Å². The fourth-order valence-corrected chi connectivity index (χ4v) is 2.94. The summed E-state index contributed by atoms with van der Waals surface area (Å²) in [5.41, 5.74) is 5.09. The smallest absolute Gasteiger partial charge is 0.326 e. The van der Waals surface area contributed by atoms with Crippen LogP contribution < -0.4 is 27.0 Å². The average Bonchev–Trinajstić information content (AvgIpc) is 3.22. The number of primary amides is 1. The van der Waals surface area contributed by atoms with Crippen LogP contribution in [0.25, 0.3) is 0 Å². The molecule has 13 heteroatoms. The van der Waals surface area contributed by atoms with Crippen molar-refractivity contribution in [2.45, 2.75) is 69.6 Å². The van der Waals surface area contributed by atoms with Crippen molar-refractivity contribution < 1.29 is 39.0 Å². The van der Waals surface area contributed by atoms with Crippen LogP contribution in [0.2, 0.25) is 0 Å². The van der Waals surface area contributed by atoms with Gasteiger partial charge in [0, 0.05) is 12.8 Å². The van der Waals surface area contributed by atoms with Gasteiger partial charge in [0.25, 0.3) is 0 Å². The Morgan fingerprint density at radius 3 is 2.10 bits per heavy atom. The van der Waals surface area contributed by atoms with Gasteiger partial charge in [0.05, 0.1) is 6.04 Å². The summed E-state index contributed by atoms with van der Waals surface area (Å²) in [6.07, 6.45) is 0.139. The van der Waals surface area contributed by atoms with Crippen molar-refractivity contribution in [3.05, 3.63) is 0 Å². The quantitative estimate of drug-likeness (QED) is 0.159. The van der Waals surface area contributed by atoms with Gasteiger partial charge in [-0.3, -0.25) is 24.0 Å². The lowest BCUT2D eigenvalue weighted by Gasteiger charge is -2.23. The van der Waals surface area contributed by atoms with E-state index >= 15 is 0 Å². The first kappa shape index (κ1) is 25.8. The highest BCUT2D eigenvalue weighted by molar-refractivity contribution is 5.94. The summed E-state index contributed by atoms with van der Waals surface area (Å²) in [7, 11) is 0. The third kappa shape index (κ3) is 9.42. The molecule has 4 unspecified atom stereocenters. The molecule has 1 aliphatic heterocycles. The van der Waals surface area contributed by atoms with Gasteiger partial charge < -0.3 is 37.2 Å². The Labute approximate surface area is 178 Å². The SMILES string of the molecule is CC(NC(=O)C1CCCN1)C(=O)NC(CCC(N)=O)C(=O)NC(CCC(=O)O)C(=O)O. The minimum atomic E-state index is -1.50. The molecule has 13 nitrogen and oxygen atoms in total. The Morgan fingerprint density at radius 1 is 0.968 bits per heavy atom. The highest BCUT2D eigenvalue weighted by atomic mass is 16.4. The van der Waals surface area contributed by atoms with Gasteiger partial charge in [0.15, 0.2) is 0 Å². The second-order valence-electron chi connectivity index (χ2n) is 7.28. The monoisotopic (exact) mass is 443 g/mol. The van der Waals surface area contributed by atoms with Crippen LogP contribution in [0.4, 0.5) is 0 Å². The van der Waals surface area contributed by atoms with Crippen LogP contribution in [0.15, 0.2) is 0 Å².